The number of ether oxygens (including phenoxy) is 2. The zero-order chi connectivity index (χ0) is 39.8. The van der Waals surface area contributed by atoms with Gasteiger partial charge in [-0.3, -0.25) is 28.4 Å². The lowest BCUT2D eigenvalue weighted by atomic mass is 10.2. The number of amides is 1. The number of methoxy groups -OCH3 is 1. The number of hydrogen-bond donors (Lipinski definition) is 3. The van der Waals surface area contributed by atoms with E-state index in [1.165, 1.54) is 31.3 Å². The van der Waals surface area contributed by atoms with Crippen LogP contribution in [0.3, 0.4) is 0 Å². The number of anilines is 3. The summed E-state index contributed by atoms with van der Waals surface area (Å²) in [7, 11) is -2.26. The second-order valence-electron chi connectivity index (χ2n) is 15.3. The number of phosphoric acid groups is 1. The molecule has 14 nitrogen and oxygen atoms in total. The molecule has 3 N–H and O–H groups in total. The van der Waals surface area contributed by atoms with Crippen molar-refractivity contribution in [3.8, 4) is 11.5 Å². The average molecular weight is 788 g/mol. The van der Waals surface area contributed by atoms with Gasteiger partial charge in [0, 0.05) is 42.3 Å². The van der Waals surface area contributed by atoms with Gasteiger partial charge in [0.1, 0.15) is 12.1 Å². The molecule has 4 aromatic rings. The highest BCUT2D eigenvalue weighted by molar-refractivity contribution is 7.48. The number of carbonyl (C=O) groups excluding carboxylic acids is 1. The number of nitrogens with zero attached hydrogens (tertiary/aromatic N) is 4. The molecule has 1 amide bonds. The smallest absolute Gasteiger partial charge is 0.475 e. The Morgan fingerprint density at radius 1 is 0.982 bits per heavy atom. The molecule has 1 aliphatic rings. The number of fused-ring (bicyclic) bond motifs is 1. The number of aromatic amines is 1. The van der Waals surface area contributed by atoms with Crippen LogP contribution in [0.2, 0.25) is 0 Å². The number of hydrogen-bond acceptors (Lipinski definition) is 12. The zero-order valence-corrected chi connectivity index (χ0v) is 33.4. The van der Waals surface area contributed by atoms with E-state index in [9.17, 15) is 18.1 Å². The van der Waals surface area contributed by atoms with Gasteiger partial charge >= 0.3 is 7.82 Å². The highest BCUT2D eigenvalue weighted by atomic mass is 31.2. The first-order valence-electron chi connectivity index (χ1n) is 18.4. The molecule has 1 fully saturated rings. The minimum Gasteiger partial charge on any atom is -0.493 e. The van der Waals surface area contributed by atoms with E-state index in [1.54, 1.807) is 25.3 Å². The molecule has 1 aliphatic carbocycles. The summed E-state index contributed by atoms with van der Waals surface area (Å²) in [6.45, 7) is 12.8. The van der Waals surface area contributed by atoms with Crippen LogP contribution in [0.1, 0.15) is 79.3 Å². The Bertz CT molecular complexity index is 1940. The third kappa shape index (κ3) is 12.4. The summed E-state index contributed by atoms with van der Waals surface area (Å²) in [6.07, 6.45) is 6.50. The van der Waals surface area contributed by atoms with Crippen molar-refractivity contribution in [2.45, 2.75) is 97.3 Å². The monoisotopic (exact) mass is 787 g/mol. The zero-order valence-electron chi connectivity index (χ0n) is 32.5. The highest BCUT2D eigenvalue weighted by Crippen LogP contribution is 2.55. The molecule has 0 bridgehead atoms. The number of aromatic nitrogens is 4. The molecule has 0 saturated heterocycles. The van der Waals surface area contributed by atoms with Crippen molar-refractivity contribution in [3.63, 3.8) is 0 Å². The van der Waals surface area contributed by atoms with Crippen molar-refractivity contribution in [1.82, 2.24) is 25.1 Å². The lowest BCUT2D eigenvalue weighted by Crippen LogP contribution is -2.37. The Kier molecular flexibility index (Phi) is 13.8. The van der Waals surface area contributed by atoms with Crippen molar-refractivity contribution >= 4 is 42.0 Å². The number of H-pyrrole nitrogens is 1. The summed E-state index contributed by atoms with van der Waals surface area (Å²) in [4.78, 5) is 23.7. The standard InChI is InChI=1S/C38H52F2N7O7P/c1-37(2,3)53-55(49,54-38(4,5)6)52-19-17-47(26-12-8-9-13-26)16-11-18-51-32-23-30-27(22-31(32)50-7)36(42-24-41-30)44-33-20-25(45-46-33)21-34(48)43-29-15-10-14-28(39)35(29)40/h10,14-15,20,22-24,26H,8-9,11-13,16-19,21H2,1-7H3,(H,43,48)(H2,41,42,44,45,46). The molecular formula is C38H52F2N7O7P. The van der Waals surface area contributed by atoms with Gasteiger partial charge in [-0.2, -0.15) is 5.10 Å². The molecule has 0 unspecified atom stereocenters. The van der Waals surface area contributed by atoms with E-state index in [0.717, 1.165) is 31.9 Å². The van der Waals surface area contributed by atoms with Crippen LogP contribution in [0.25, 0.3) is 10.9 Å². The first-order chi connectivity index (χ1) is 26.0. The molecule has 2 heterocycles. The fourth-order valence-electron chi connectivity index (χ4n) is 6.25. The van der Waals surface area contributed by atoms with Crippen molar-refractivity contribution in [2.75, 3.05) is 44.0 Å². The van der Waals surface area contributed by atoms with Crippen LogP contribution in [0.15, 0.2) is 42.7 Å². The van der Waals surface area contributed by atoms with Gasteiger partial charge in [0.25, 0.3) is 0 Å². The van der Waals surface area contributed by atoms with Crippen molar-refractivity contribution in [1.29, 1.82) is 0 Å². The van der Waals surface area contributed by atoms with Gasteiger partial charge in [0.15, 0.2) is 29.0 Å². The summed E-state index contributed by atoms with van der Waals surface area (Å²) in [5, 5.41) is 13.1. The van der Waals surface area contributed by atoms with Crippen LogP contribution in [0.5, 0.6) is 11.5 Å². The van der Waals surface area contributed by atoms with Gasteiger partial charge in [-0.05, 0) is 79.0 Å². The van der Waals surface area contributed by atoms with Gasteiger partial charge in [0.2, 0.25) is 5.91 Å². The summed E-state index contributed by atoms with van der Waals surface area (Å²) >= 11 is 0. The molecule has 17 heteroatoms. The van der Waals surface area contributed by atoms with Crippen LogP contribution < -0.4 is 20.1 Å². The molecule has 1 saturated carbocycles. The summed E-state index contributed by atoms with van der Waals surface area (Å²) < 4.78 is 70.4. The topological polar surface area (TPSA) is 162 Å². The SMILES string of the molecule is COc1cc2c(Nc3cc(CC(=O)Nc4cccc(F)c4F)[nH]n3)ncnc2cc1OCCCN(CCOP(=O)(OC(C)(C)C)OC(C)(C)C)C1CCCC1. The maximum atomic E-state index is 14.0. The summed E-state index contributed by atoms with van der Waals surface area (Å²) in [5.74, 6) is -0.897. The molecule has 0 atom stereocenters. The van der Waals surface area contributed by atoms with Gasteiger partial charge in [0.05, 0.1) is 49.2 Å². The minimum absolute atomic E-state index is 0.156. The van der Waals surface area contributed by atoms with Crippen LogP contribution >= 0.6 is 7.82 Å². The number of rotatable bonds is 18. The molecule has 55 heavy (non-hydrogen) atoms. The first-order valence-corrected chi connectivity index (χ1v) is 19.9. The Morgan fingerprint density at radius 2 is 1.71 bits per heavy atom. The van der Waals surface area contributed by atoms with Gasteiger partial charge in [-0.15, -0.1) is 0 Å². The molecule has 0 aliphatic heterocycles. The van der Waals surface area contributed by atoms with Crippen molar-refractivity contribution in [3.05, 3.63) is 60.1 Å². The van der Waals surface area contributed by atoms with E-state index in [0.29, 0.717) is 58.9 Å². The fraction of sp³-hybridized carbons (Fsp3) is 0.526. The Hall–Kier alpha value is -4.21. The molecular weight excluding hydrogens is 735 g/mol. The maximum Gasteiger partial charge on any atom is 0.475 e. The van der Waals surface area contributed by atoms with E-state index >= 15 is 0 Å². The summed E-state index contributed by atoms with van der Waals surface area (Å²) in [5.41, 5.74) is -0.626. The van der Waals surface area contributed by atoms with E-state index < -0.39 is 36.6 Å². The Labute approximate surface area is 320 Å². The second kappa shape index (κ2) is 18.2. The molecule has 0 spiro atoms. The van der Waals surface area contributed by atoms with Gasteiger partial charge in [-0.25, -0.2) is 23.3 Å². The number of halogens is 2. The van der Waals surface area contributed by atoms with E-state index in [2.05, 4.69) is 35.7 Å². The minimum atomic E-state index is -3.81. The molecule has 2 aromatic heterocycles. The number of nitrogens with one attached hydrogen (secondary N) is 3. The van der Waals surface area contributed by atoms with Crippen molar-refractivity contribution in [2.24, 2.45) is 0 Å². The number of phosphoric ester groups is 1. The highest BCUT2D eigenvalue weighted by Gasteiger charge is 2.37. The second-order valence-corrected chi connectivity index (χ2v) is 16.9. The van der Waals surface area contributed by atoms with Crippen molar-refractivity contribution < 1.29 is 41.2 Å². The lowest BCUT2D eigenvalue weighted by molar-refractivity contribution is -0.115. The first kappa shape index (κ1) is 41.9. The third-order valence-corrected chi connectivity index (χ3v) is 10.5. The van der Waals surface area contributed by atoms with Gasteiger partial charge in [-0.1, -0.05) is 18.9 Å². The normalized spacial score (nSPS) is 14.1. The van der Waals surface area contributed by atoms with Crippen LogP contribution in [0, 0.1) is 11.6 Å². The molecule has 300 valence electrons. The van der Waals surface area contributed by atoms with Crippen LogP contribution in [-0.4, -0.2) is 81.6 Å². The van der Waals surface area contributed by atoms with E-state index in [-0.39, 0.29) is 18.7 Å². The molecule has 2 aromatic carbocycles. The fourth-order valence-corrected chi connectivity index (χ4v) is 8.04. The third-order valence-electron chi connectivity index (χ3n) is 8.46. The predicted octanol–water partition coefficient (Wildman–Crippen LogP) is 8.33. The maximum absolute atomic E-state index is 14.0. The number of benzene rings is 2. The Morgan fingerprint density at radius 3 is 2.40 bits per heavy atom. The number of carbonyl (C=O) groups is 1. The lowest BCUT2D eigenvalue weighted by Gasteiger charge is -2.32. The summed E-state index contributed by atoms with van der Waals surface area (Å²) in [6, 6.07) is 9.15. The van der Waals surface area contributed by atoms with Crippen LogP contribution in [-0.2, 0) is 29.4 Å². The van der Waals surface area contributed by atoms with Gasteiger partial charge < -0.3 is 20.1 Å². The largest absolute Gasteiger partial charge is 0.493 e. The van der Waals surface area contributed by atoms with E-state index in [1.807, 2.05) is 41.5 Å². The van der Waals surface area contributed by atoms with E-state index in [4.69, 9.17) is 23.0 Å². The Balaban J connectivity index is 1.18. The molecule has 0 radical (unpaired) electrons. The quantitative estimate of drug-likeness (QED) is 0.0654. The average Bonchev–Trinajstić information content (AvgIpc) is 3.79. The predicted molar refractivity (Wildman–Crippen MR) is 206 cm³/mol. The molecule has 5 rings (SSSR count). The van der Waals surface area contributed by atoms with Crippen LogP contribution in [0.4, 0.5) is 26.1 Å².